The van der Waals surface area contributed by atoms with Gasteiger partial charge in [0.25, 0.3) is 11.5 Å². The molecule has 0 aliphatic carbocycles. The Bertz CT molecular complexity index is 1520. The fraction of sp³-hybridized carbons (Fsp3) is 0.217. The van der Waals surface area contributed by atoms with Crippen molar-refractivity contribution >= 4 is 22.8 Å². The Kier molecular flexibility index (Phi) is 5.84. The molecule has 1 amide bonds. The van der Waals surface area contributed by atoms with E-state index in [4.69, 9.17) is 19.6 Å². The van der Waals surface area contributed by atoms with E-state index in [-0.39, 0.29) is 34.5 Å². The van der Waals surface area contributed by atoms with E-state index in [9.17, 15) is 14.4 Å². The van der Waals surface area contributed by atoms with Gasteiger partial charge in [0.05, 0.1) is 38.0 Å². The highest BCUT2D eigenvalue weighted by Gasteiger charge is 2.26. The number of carbonyl (C=O) groups excluding carboxylic acids is 1. The zero-order chi connectivity index (χ0) is 24.6. The van der Waals surface area contributed by atoms with Gasteiger partial charge in [0.1, 0.15) is 11.6 Å². The normalized spacial score (nSPS) is 10.9. The number of nitrogens with one attached hydrogen (secondary N) is 1. The van der Waals surface area contributed by atoms with Gasteiger partial charge in [-0.25, -0.2) is 9.78 Å². The molecular formula is C23H23N5O6. The van der Waals surface area contributed by atoms with Crippen LogP contribution >= 0.6 is 0 Å². The Balaban J connectivity index is 2.05. The van der Waals surface area contributed by atoms with Crippen LogP contribution in [0.15, 0.2) is 50.6 Å². The first-order valence-electron chi connectivity index (χ1n) is 10.2. The first-order chi connectivity index (χ1) is 16.3. The molecule has 0 fully saturated rings. The van der Waals surface area contributed by atoms with E-state index in [0.29, 0.717) is 22.8 Å². The molecule has 0 aliphatic heterocycles. The first-order valence-corrected chi connectivity index (χ1v) is 10.2. The molecule has 3 heterocycles. The van der Waals surface area contributed by atoms with Gasteiger partial charge in [-0.2, -0.15) is 0 Å². The van der Waals surface area contributed by atoms with Crippen LogP contribution in [0.2, 0.25) is 0 Å². The summed E-state index contributed by atoms with van der Waals surface area (Å²) in [6.45, 7) is 0.0972. The molecule has 0 aliphatic rings. The number of carbonyl (C=O) groups is 1. The number of furan rings is 1. The van der Waals surface area contributed by atoms with Crippen molar-refractivity contribution in [3.8, 4) is 22.6 Å². The van der Waals surface area contributed by atoms with E-state index < -0.39 is 17.2 Å². The van der Waals surface area contributed by atoms with Crippen LogP contribution in [0.1, 0.15) is 16.1 Å². The van der Waals surface area contributed by atoms with Crippen molar-refractivity contribution < 1.29 is 18.7 Å². The van der Waals surface area contributed by atoms with Gasteiger partial charge in [0.15, 0.2) is 17.1 Å². The van der Waals surface area contributed by atoms with Crippen LogP contribution in [0.3, 0.4) is 0 Å². The lowest BCUT2D eigenvalue weighted by Crippen LogP contribution is -2.38. The number of nitrogens with zero attached hydrogens (tertiary/aromatic N) is 3. The summed E-state index contributed by atoms with van der Waals surface area (Å²) in [4.78, 5) is 43.4. The summed E-state index contributed by atoms with van der Waals surface area (Å²) in [7, 11) is 5.80. The fourth-order valence-corrected chi connectivity index (χ4v) is 3.79. The second kappa shape index (κ2) is 8.77. The quantitative estimate of drug-likeness (QED) is 0.435. The molecule has 11 nitrogen and oxygen atoms in total. The van der Waals surface area contributed by atoms with Gasteiger partial charge >= 0.3 is 5.69 Å². The summed E-state index contributed by atoms with van der Waals surface area (Å²) >= 11 is 0. The van der Waals surface area contributed by atoms with E-state index in [1.54, 1.807) is 30.3 Å². The average Bonchev–Trinajstić information content (AvgIpc) is 3.37. The zero-order valence-corrected chi connectivity index (χ0v) is 19.0. The summed E-state index contributed by atoms with van der Waals surface area (Å²) in [6.07, 6.45) is 1.49. The van der Waals surface area contributed by atoms with Crippen LogP contribution in [0.5, 0.6) is 11.5 Å². The van der Waals surface area contributed by atoms with E-state index in [1.807, 2.05) is 0 Å². The molecule has 0 atom stereocenters. The SMILES string of the molecule is COc1ccc(-c2c(C(=O)NCc3ccco3)c(N)nc3c2c(=O)n(C)c(=O)n3C)cc1OC. The highest BCUT2D eigenvalue weighted by atomic mass is 16.5. The number of ether oxygens (including phenoxy) is 2. The van der Waals surface area contributed by atoms with E-state index in [1.165, 1.54) is 39.1 Å². The highest BCUT2D eigenvalue weighted by Crippen LogP contribution is 2.37. The predicted octanol–water partition coefficient (Wildman–Crippen LogP) is 1.42. The fourth-order valence-electron chi connectivity index (χ4n) is 3.79. The number of fused-ring (bicyclic) bond motifs is 1. The Morgan fingerprint density at radius 1 is 1.12 bits per heavy atom. The molecule has 176 valence electrons. The Morgan fingerprint density at radius 2 is 1.85 bits per heavy atom. The molecule has 3 N–H and O–H groups in total. The van der Waals surface area contributed by atoms with Gasteiger partial charge in [0, 0.05) is 19.7 Å². The van der Waals surface area contributed by atoms with Gasteiger partial charge in [-0.1, -0.05) is 6.07 Å². The Hall–Kier alpha value is -4.54. The molecule has 0 radical (unpaired) electrons. The minimum absolute atomic E-state index is 0.0120. The van der Waals surface area contributed by atoms with Gasteiger partial charge in [-0.05, 0) is 29.8 Å². The number of amides is 1. The Labute approximate surface area is 193 Å². The van der Waals surface area contributed by atoms with Crippen LogP contribution in [-0.2, 0) is 20.6 Å². The summed E-state index contributed by atoms with van der Waals surface area (Å²) < 4.78 is 18.2. The number of hydrogen-bond acceptors (Lipinski definition) is 8. The third-order valence-electron chi connectivity index (χ3n) is 5.52. The monoisotopic (exact) mass is 465 g/mol. The molecule has 0 bridgehead atoms. The summed E-state index contributed by atoms with van der Waals surface area (Å²) in [5, 5.41) is 2.81. The number of rotatable bonds is 6. The van der Waals surface area contributed by atoms with Crippen molar-refractivity contribution in [2.75, 3.05) is 20.0 Å². The molecule has 0 saturated heterocycles. The van der Waals surface area contributed by atoms with Crippen LogP contribution in [-0.4, -0.2) is 34.2 Å². The number of benzene rings is 1. The van der Waals surface area contributed by atoms with Crippen molar-refractivity contribution in [1.82, 2.24) is 19.4 Å². The van der Waals surface area contributed by atoms with Gasteiger partial charge in [-0.15, -0.1) is 0 Å². The van der Waals surface area contributed by atoms with Crippen LogP contribution in [0, 0.1) is 0 Å². The number of aryl methyl sites for hydroxylation is 1. The topological polar surface area (TPSA) is 144 Å². The number of aromatic nitrogens is 3. The second-order valence-corrected chi connectivity index (χ2v) is 7.48. The lowest BCUT2D eigenvalue weighted by Gasteiger charge is -2.18. The summed E-state index contributed by atoms with van der Waals surface area (Å²) in [5.74, 6) is 0.668. The molecule has 3 aromatic heterocycles. The van der Waals surface area contributed by atoms with Crippen molar-refractivity contribution in [3.05, 3.63) is 68.8 Å². The number of methoxy groups -OCH3 is 2. The molecule has 0 spiro atoms. The standard InChI is InChI=1S/C23H23N5O6/c1-27-20-18(22(30)28(2)23(27)31)16(12-7-8-14(32-3)15(10-12)33-4)17(19(24)26-20)21(29)25-11-13-6-5-9-34-13/h5-10H,11H2,1-4H3,(H2,24,26)(H,25,29). The van der Waals surface area contributed by atoms with Crippen LogP contribution in [0.4, 0.5) is 5.82 Å². The van der Waals surface area contributed by atoms with Crippen molar-refractivity contribution in [2.45, 2.75) is 6.54 Å². The second-order valence-electron chi connectivity index (χ2n) is 7.48. The third kappa shape index (κ3) is 3.66. The average molecular weight is 465 g/mol. The number of pyridine rings is 1. The Morgan fingerprint density at radius 3 is 2.50 bits per heavy atom. The number of anilines is 1. The molecule has 34 heavy (non-hydrogen) atoms. The predicted molar refractivity (Wildman–Crippen MR) is 125 cm³/mol. The number of hydrogen-bond donors (Lipinski definition) is 2. The smallest absolute Gasteiger partial charge is 0.332 e. The minimum atomic E-state index is -0.615. The van der Waals surface area contributed by atoms with Crippen molar-refractivity contribution in [1.29, 1.82) is 0 Å². The zero-order valence-electron chi connectivity index (χ0n) is 19.0. The summed E-state index contributed by atoms with van der Waals surface area (Å²) in [6, 6.07) is 8.35. The lowest BCUT2D eigenvalue weighted by molar-refractivity contribution is 0.0949. The number of nitrogens with two attached hydrogens (primary N) is 1. The maximum atomic E-state index is 13.3. The maximum Gasteiger partial charge on any atom is 0.332 e. The number of nitrogen functional groups attached to an aromatic ring is 1. The maximum absolute atomic E-state index is 13.3. The largest absolute Gasteiger partial charge is 0.493 e. The summed E-state index contributed by atoms with van der Waals surface area (Å²) in [5.41, 5.74) is 5.76. The van der Waals surface area contributed by atoms with Gasteiger partial charge in [0.2, 0.25) is 0 Å². The van der Waals surface area contributed by atoms with E-state index in [0.717, 1.165) is 4.57 Å². The lowest BCUT2D eigenvalue weighted by atomic mass is 9.96. The molecule has 11 heteroatoms. The van der Waals surface area contributed by atoms with Crippen molar-refractivity contribution in [2.24, 2.45) is 14.1 Å². The van der Waals surface area contributed by atoms with E-state index in [2.05, 4.69) is 10.3 Å². The van der Waals surface area contributed by atoms with Gasteiger partial charge < -0.3 is 24.9 Å². The molecule has 0 unspecified atom stereocenters. The van der Waals surface area contributed by atoms with Crippen LogP contribution in [0.25, 0.3) is 22.2 Å². The van der Waals surface area contributed by atoms with Crippen LogP contribution < -0.4 is 31.8 Å². The molecule has 4 aromatic rings. The third-order valence-corrected chi connectivity index (χ3v) is 5.52. The molecule has 0 saturated carbocycles. The first kappa shape index (κ1) is 22.6. The molecule has 1 aromatic carbocycles. The van der Waals surface area contributed by atoms with E-state index >= 15 is 0 Å². The molecule has 4 rings (SSSR count). The minimum Gasteiger partial charge on any atom is -0.493 e. The highest BCUT2D eigenvalue weighted by molar-refractivity contribution is 6.11. The van der Waals surface area contributed by atoms with Crippen molar-refractivity contribution in [3.63, 3.8) is 0 Å². The van der Waals surface area contributed by atoms with Gasteiger partial charge in [-0.3, -0.25) is 18.7 Å². The molecular weight excluding hydrogens is 442 g/mol.